The van der Waals surface area contributed by atoms with Gasteiger partial charge in [0.05, 0.1) is 0 Å². The van der Waals surface area contributed by atoms with Crippen molar-refractivity contribution >= 4 is 11.7 Å². The van der Waals surface area contributed by atoms with E-state index < -0.39 is 11.6 Å². The van der Waals surface area contributed by atoms with Gasteiger partial charge in [-0.1, -0.05) is 0 Å². The highest BCUT2D eigenvalue weighted by Crippen LogP contribution is 2.13. The SMILES string of the molecule is CN1CCC(NC(=O)Nc2ccc(F)c(F)c2)CC1. The van der Waals surface area contributed by atoms with E-state index in [1.165, 1.54) is 6.07 Å². The van der Waals surface area contributed by atoms with Crippen molar-refractivity contribution in [3.63, 3.8) is 0 Å². The first-order valence-electron chi connectivity index (χ1n) is 6.25. The van der Waals surface area contributed by atoms with E-state index in [2.05, 4.69) is 15.5 Å². The predicted molar refractivity (Wildman–Crippen MR) is 69.0 cm³/mol. The Kier molecular flexibility index (Phi) is 4.31. The highest BCUT2D eigenvalue weighted by molar-refractivity contribution is 5.89. The molecule has 1 aromatic rings. The van der Waals surface area contributed by atoms with Gasteiger partial charge in [-0.25, -0.2) is 13.6 Å². The smallest absolute Gasteiger partial charge is 0.319 e. The summed E-state index contributed by atoms with van der Waals surface area (Å²) in [5.41, 5.74) is 0.240. The summed E-state index contributed by atoms with van der Waals surface area (Å²) < 4.78 is 25.7. The standard InChI is InChI=1S/C13H17F2N3O/c1-18-6-4-9(5-7-18)16-13(19)17-10-2-3-11(14)12(15)8-10/h2-3,8-9H,4-7H2,1H3,(H2,16,17,19). The van der Waals surface area contributed by atoms with Crippen molar-refractivity contribution in [2.24, 2.45) is 0 Å². The summed E-state index contributed by atoms with van der Waals surface area (Å²) in [6.07, 6.45) is 1.78. The molecule has 2 N–H and O–H groups in total. The van der Waals surface area contributed by atoms with E-state index in [9.17, 15) is 13.6 Å². The fourth-order valence-electron chi connectivity index (χ4n) is 2.08. The number of halogens is 2. The molecule has 0 atom stereocenters. The van der Waals surface area contributed by atoms with E-state index in [4.69, 9.17) is 0 Å². The molecule has 2 amide bonds. The van der Waals surface area contributed by atoms with Crippen LogP contribution < -0.4 is 10.6 Å². The molecule has 0 aromatic heterocycles. The number of nitrogens with zero attached hydrogens (tertiary/aromatic N) is 1. The van der Waals surface area contributed by atoms with Gasteiger partial charge in [0, 0.05) is 17.8 Å². The number of benzene rings is 1. The molecule has 0 spiro atoms. The monoisotopic (exact) mass is 269 g/mol. The number of amides is 2. The maximum Gasteiger partial charge on any atom is 0.319 e. The highest BCUT2D eigenvalue weighted by Gasteiger charge is 2.18. The molecule has 1 saturated heterocycles. The lowest BCUT2D eigenvalue weighted by Crippen LogP contribution is -2.44. The van der Waals surface area contributed by atoms with Crippen LogP contribution in [0.15, 0.2) is 18.2 Å². The summed E-state index contributed by atoms with van der Waals surface area (Å²) in [6.45, 7) is 1.88. The lowest BCUT2D eigenvalue weighted by atomic mass is 10.1. The van der Waals surface area contributed by atoms with Gasteiger partial charge in [-0.05, 0) is 45.1 Å². The second kappa shape index (κ2) is 5.97. The van der Waals surface area contributed by atoms with Gasteiger partial charge in [-0.3, -0.25) is 0 Å². The number of piperidine rings is 1. The Bertz CT molecular complexity index is 459. The lowest BCUT2D eigenvalue weighted by molar-refractivity contribution is 0.221. The van der Waals surface area contributed by atoms with Gasteiger partial charge in [0.25, 0.3) is 0 Å². The third-order valence-electron chi connectivity index (χ3n) is 3.23. The topological polar surface area (TPSA) is 44.4 Å². The molecule has 1 fully saturated rings. The van der Waals surface area contributed by atoms with E-state index in [-0.39, 0.29) is 17.8 Å². The van der Waals surface area contributed by atoms with Crippen LogP contribution in [0.25, 0.3) is 0 Å². The summed E-state index contributed by atoms with van der Waals surface area (Å²) in [5, 5.41) is 5.33. The molecule has 1 heterocycles. The van der Waals surface area contributed by atoms with Crippen LogP contribution in [0.2, 0.25) is 0 Å². The zero-order chi connectivity index (χ0) is 13.8. The summed E-state index contributed by atoms with van der Waals surface area (Å²) in [7, 11) is 2.04. The normalized spacial score (nSPS) is 17.2. The number of likely N-dealkylation sites (tertiary alicyclic amines) is 1. The molecule has 19 heavy (non-hydrogen) atoms. The van der Waals surface area contributed by atoms with Gasteiger partial charge in [-0.2, -0.15) is 0 Å². The molecule has 0 saturated carbocycles. The van der Waals surface area contributed by atoms with Crippen molar-refractivity contribution in [2.45, 2.75) is 18.9 Å². The molecule has 1 aliphatic heterocycles. The Morgan fingerprint density at radius 1 is 1.26 bits per heavy atom. The molecular formula is C13H17F2N3O. The van der Waals surface area contributed by atoms with Crippen molar-refractivity contribution in [1.82, 2.24) is 10.2 Å². The van der Waals surface area contributed by atoms with E-state index in [0.717, 1.165) is 38.1 Å². The van der Waals surface area contributed by atoms with Crippen molar-refractivity contribution in [2.75, 3.05) is 25.5 Å². The number of hydrogen-bond acceptors (Lipinski definition) is 2. The lowest BCUT2D eigenvalue weighted by Gasteiger charge is -2.29. The number of carbonyl (C=O) groups is 1. The van der Waals surface area contributed by atoms with Gasteiger partial charge in [0.1, 0.15) is 0 Å². The number of rotatable bonds is 2. The second-order valence-electron chi connectivity index (χ2n) is 4.80. The van der Waals surface area contributed by atoms with Crippen LogP contribution in [0, 0.1) is 11.6 Å². The maximum atomic E-state index is 13.0. The maximum absolute atomic E-state index is 13.0. The molecule has 0 aliphatic carbocycles. The molecular weight excluding hydrogens is 252 g/mol. The van der Waals surface area contributed by atoms with E-state index in [1.807, 2.05) is 7.05 Å². The zero-order valence-electron chi connectivity index (χ0n) is 10.7. The molecule has 0 unspecified atom stereocenters. The minimum absolute atomic E-state index is 0.126. The quantitative estimate of drug-likeness (QED) is 0.864. The van der Waals surface area contributed by atoms with Gasteiger partial charge in [0.15, 0.2) is 11.6 Å². The largest absolute Gasteiger partial charge is 0.335 e. The predicted octanol–water partition coefficient (Wildman–Crippen LogP) is 2.18. The Labute approximate surface area is 110 Å². The minimum Gasteiger partial charge on any atom is -0.335 e. The molecule has 2 rings (SSSR count). The summed E-state index contributed by atoms with van der Waals surface area (Å²) in [6, 6.07) is 3.01. The van der Waals surface area contributed by atoms with Gasteiger partial charge in [0.2, 0.25) is 0 Å². The van der Waals surface area contributed by atoms with Crippen LogP contribution in [-0.4, -0.2) is 37.1 Å². The van der Waals surface area contributed by atoms with Crippen LogP contribution in [0.5, 0.6) is 0 Å². The Balaban J connectivity index is 1.85. The molecule has 1 aromatic carbocycles. The zero-order valence-corrected chi connectivity index (χ0v) is 10.7. The van der Waals surface area contributed by atoms with Gasteiger partial charge >= 0.3 is 6.03 Å². The number of anilines is 1. The molecule has 4 nitrogen and oxygen atoms in total. The number of carbonyl (C=O) groups excluding carboxylic acids is 1. The Hall–Kier alpha value is -1.69. The minimum atomic E-state index is -0.975. The fourth-order valence-corrected chi connectivity index (χ4v) is 2.08. The first-order valence-corrected chi connectivity index (χ1v) is 6.25. The summed E-state index contributed by atoms with van der Waals surface area (Å²) >= 11 is 0. The van der Waals surface area contributed by atoms with E-state index in [1.54, 1.807) is 0 Å². The summed E-state index contributed by atoms with van der Waals surface area (Å²) in [4.78, 5) is 13.9. The fraction of sp³-hybridized carbons (Fsp3) is 0.462. The highest BCUT2D eigenvalue weighted by atomic mass is 19.2. The average molecular weight is 269 g/mol. The van der Waals surface area contributed by atoms with Crippen LogP contribution in [0.4, 0.5) is 19.3 Å². The van der Waals surface area contributed by atoms with Crippen LogP contribution in [-0.2, 0) is 0 Å². The Morgan fingerprint density at radius 3 is 2.58 bits per heavy atom. The van der Waals surface area contributed by atoms with E-state index in [0.29, 0.717) is 0 Å². The van der Waals surface area contributed by atoms with Crippen LogP contribution in [0.3, 0.4) is 0 Å². The van der Waals surface area contributed by atoms with Crippen molar-refractivity contribution in [1.29, 1.82) is 0 Å². The first-order chi connectivity index (χ1) is 9.04. The van der Waals surface area contributed by atoms with Crippen molar-refractivity contribution in [3.8, 4) is 0 Å². The van der Waals surface area contributed by atoms with Crippen molar-refractivity contribution < 1.29 is 13.6 Å². The second-order valence-corrected chi connectivity index (χ2v) is 4.80. The molecule has 6 heteroatoms. The number of nitrogens with one attached hydrogen (secondary N) is 2. The molecule has 0 radical (unpaired) electrons. The Morgan fingerprint density at radius 2 is 1.95 bits per heavy atom. The van der Waals surface area contributed by atoms with Gasteiger partial charge in [-0.15, -0.1) is 0 Å². The van der Waals surface area contributed by atoms with E-state index >= 15 is 0 Å². The molecule has 104 valence electrons. The number of hydrogen-bond donors (Lipinski definition) is 2. The first kappa shape index (κ1) is 13.7. The number of urea groups is 1. The molecule has 0 bridgehead atoms. The van der Waals surface area contributed by atoms with Crippen molar-refractivity contribution in [3.05, 3.63) is 29.8 Å². The van der Waals surface area contributed by atoms with Crippen LogP contribution >= 0.6 is 0 Å². The van der Waals surface area contributed by atoms with Gasteiger partial charge < -0.3 is 15.5 Å². The van der Waals surface area contributed by atoms with Crippen LogP contribution in [0.1, 0.15) is 12.8 Å². The summed E-state index contributed by atoms with van der Waals surface area (Å²) in [5.74, 6) is -1.90. The molecule has 1 aliphatic rings. The third-order valence-corrected chi connectivity index (χ3v) is 3.23. The average Bonchev–Trinajstić information content (AvgIpc) is 2.37. The third kappa shape index (κ3) is 3.89.